The molecule has 0 saturated carbocycles. The third-order valence-corrected chi connectivity index (χ3v) is 8.65. The van der Waals surface area contributed by atoms with Crippen LogP contribution in [0, 0.1) is 0 Å². The summed E-state index contributed by atoms with van der Waals surface area (Å²) in [5, 5.41) is 6.40. The van der Waals surface area contributed by atoms with Crippen molar-refractivity contribution in [1.82, 2.24) is 14.9 Å². The van der Waals surface area contributed by atoms with E-state index in [2.05, 4.69) is 37.4 Å². The summed E-state index contributed by atoms with van der Waals surface area (Å²) in [5.74, 6) is 0.208. The molecular formula is C35H36Cl2F3N7O3. The fourth-order valence-electron chi connectivity index (χ4n) is 5.45. The number of pyridine rings is 2. The second-order valence-corrected chi connectivity index (χ2v) is 12.6. The first-order chi connectivity index (χ1) is 23.9. The number of carbonyl (C=O) groups is 2. The van der Waals surface area contributed by atoms with Crippen molar-refractivity contribution in [1.29, 1.82) is 0 Å². The molecule has 0 atom stereocenters. The normalized spacial score (nSPS) is 14.9. The Morgan fingerprint density at radius 1 is 0.760 bits per heavy atom. The highest BCUT2D eigenvalue weighted by molar-refractivity contribution is 6.33. The molecule has 2 aliphatic rings. The van der Waals surface area contributed by atoms with Gasteiger partial charge in [-0.15, -0.1) is 0 Å². The third-order valence-electron chi connectivity index (χ3n) is 8.14. The SMILES string of the molecule is CN1CCN(c2ncc(C(=O)Nc3cccc(Cl)c3)cc2Cl)CC1.COc1cccc(NC(=O)c2cnc(N3CCCC3)c(C(F)(F)F)c2)c1. The maximum absolute atomic E-state index is 13.5. The van der Waals surface area contributed by atoms with Gasteiger partial charge in [-0.05, 0) is 62.4 Å². The number of ether oxygens (including phenoxy) is 1. The lowest BCUT2D eigenvalue weighted by atomic mass is 10.1. The minimum absolute atomic E-state index is 0.118. The standard InChI is InChI=1S/C18H18F3N3O2.C17H18Cl2N4O/c1-26-14-6-4-5-13(10-14)23-17(25)12-9-15(18(19,20)21)16(22-11-12)24-7-2-3-8-24;1-22-5-7-23(8-6-22)16-15(19)9-12(11-20-16)17(24)21-14-4-2-3-13(18)10-14/h4-6,9-11H,2-3,7-8H2,1H3,(H,23,25);2-4,9-11H,5-8H2,1H3,(H,21,24). The maximum atomic E-state index is 13.5. The zero-order valence-electron chi connectivity index (χ0n) is 27.4. The molecule has 50 heavy (non-hydrogen) atoms. The van der Waals surface area contributed by atoms with Crippen LogP contribution in [0.1, 0.15) is 39.1 Å². The van der Waals surface area contributed by atoms with Crippen molar-refractivity contribution in [3.05, 3.63) is 99.8 Å². The summed E-state index contributed by atoms with van der Waals surface area (Å²) >= 11 is 12.3. The lowest BCUT2D eigenvalue weighted by Crippen LogP contribution is -2.45. The smallest absolute Gasteiger partial charge is 0.419 e. The molecule has 4 heterocycles. The van der Waals surface area contributed by atoms with Crippen molar-refractivity contribution in [2.75, 3.05) is 73.9 Å². The highest BCUT2D eigenvalue weighted by Gasteiger charge is 2.37. The molecule has 2 aromatic heterocycles. The molecule has 2 aliphatic heterocycles. The first kappa shape index (κ1) is 36.7. The van der Waals surface area contributed by atoms with Crippen LogP contribution in [0.4, 0.5) is 36.2 Å². The molecule has 2 fully saturated rings. The molecule has 2 saturated heterocycles. The number of nitrogens with zero attached hydrogens (tertiary/aromatic N) is 5. The quantitative estimate of drug-likeness (QED) is 0.204. The van der Waals surface area contributed by atoms with Crippen LogP contribution in [0.3, 0.4) is 0 Å². The van der Waals surface area contributed by atoms with Gasteiger partial charge < -0.3 is 30.1 Å². The molecule has 0 radical (unpaired) electrons. The van der Waals surface area contributed by atoms with E-state index in [1.165, 1.54) is 13.3 Å². The molecule has 10 nitrogen and oxygen atoms in total. The Morgan fingerprint density at radius 3 is 1.90 bits per heavy atom. The van der Waals surface area contributed by atoms with E-state index in [0.29, 0.717) is 45.8 Å². The fourth-order valence-corrected chi connectivity index (χ4v) is 5.93. The van der Waals surface area contributed by atoms with Crippen molar-refractivity contribution in [2.45, 2.75) is 19.0 Å². The van der Waals surface area contributed by atoms with E-state index in [1.807, 2.05) is 0 Å². The molecule has 2 amide bonds. The van der Waals surface area contributed by atoms with E-state index in [0.717, 1.165) is 50.9 Å². The lowest BCUT2D eigenvalue weighted by Gasteiger charge is -2.33. The summed E-state index contributed by atoms with van der Waals surface area (Å²) in [6, 6.07) is 16.1. The number of halogens is 5. The molecule has 0 spiro atoms. The Balaban J connectivity index is 0.000000195. The summed E-state index contributed by atoms with van der Waals surface area (Å²) in [6.07, 6.45) is -0.191. The second kappa shape index (κ2) is 16.4. The minimum atomic E-state index is -4.59. The van der Waals surface area contributed by atoms with Gasteiger partial charge in [-0.1, -0.05) is 35.3 Å². The highest BCUT2D eigenvalue weighted by atomic mass is 35.5. The van der Waals surface area contributed by atoms with E-state index >= 15 is 0 Å². The number of hydrogen-bond donors (Lipinski definition) is 2. The number of benzene rings is 2. The molecule has 0 bridgehead atoms. The number of aromatic nitrogens is 2. The highest BCUT2D eigenvalue weighted by Crippen LogP contribution is 2.37. The number of amides is 2. The van der Waals surface area contributed by atoms with Crippen molar-refractivity contribution < 1.29 is 27.5 Å². The number of nitrogens with one attached hydrogen (secondary N) is 2. The van der Waals surface area contributed by atoms with Crippen molar-refractivity contribution in [3.63, 3.8) is 0 Å². The fraction of sp³-hybridized carbons (Fsp3) is 0.314. The van der Waals surface area contributed by atoms with Gasteiger partial charge in [-0.25, -0.2) is 9.97 Å². The molecule has 2 aromatic carbocycles. The molecule has 0 aliphatic carbocycles. The van der Waals surface area contributed by atoms with E-state index in [-0.39, 0.29) is 17.3 Å². The average Bonchev–Trinajstić information content (AvgIpc) is 3.64. The van der Waals surface area contributed by atoms with Gasteiger partial charge in [0.25, 0.3) is 11.8 Å². The number of rotatable bonds is 7. The van der Waals surface area contributed by atoms with Crippen LogP contribution >= 0.6 is 23.2 Å². The summed E-state index contributed by atoms with van der Waals surface area (Å²) < 4.78 is 45.4. The zero-order valence-corrected chi connectivity index (χ0v) is 28.9. The van der Waals surface area contributed by atoms with Crippen LogP contribution in [0.15, 0.2) is 73.1 Å². The van der Waals surface area contributed by atoms with Crippen LogP contribution < -0.4 is 25.2 Å². The molecule has 264 valence electrons. The Hall–Kier alpha value is -4.59. The van der Waals surface area contributed by atoms with Crippen LogP contribution in [-0.4, -0.2) is 80.1 Å². The molecule has 6 rings (SSSR count). The van der Waals surface area contributed by atoms with E-state index in [4.69, 9.17) is 27.9 Å². The topological polar surface area (TPSA) is 103 Å². The number of hydrogen-bond acceptors (Lipinski definition) is 8. The summed E-state index contributed by atoms with van der Waals surface area (Å²) in [7, 11) is 3.58. The summed E-state index contributed by atoms with van der Waals surface area (Å²) in [5.41, 5.74) is 0.428. The van der Waals surface area contributed by atoms with Crippen molar-refractivity contribution >= 4 is 58.0 Å². The monoisotopic (exact) mass is 729 g/mol. The Morgan fingerprint density at radius 2 is 1.32 bits per heavy atom. The van der Waals surface area contributed by atoms with Gasteiger partial charge in [-0.2, -0.15) is 13.2 Å². The van der Waals surface area contributed by atoms with Crippen LogP contribution in [0.5, 0.6) is 5.75 Å². The summed E-state index contributed by atoms with van der Waals surface area (Å²) in [4.78, 5) is 39.0. The number of likely N-dealkylation sites (N-methyl/N-ethyl adjacent to an activating group) is 1. The van der Waals surface area contributed by atoms with Crippen LogP contribution in [0.2, 0.25) is 10.0 Å². The number of methoxy groups -OCH3 is 1. The lowest BCUT2D eigenvalue weighted by molar-refractivity contribution is -0.137. The molecule has 2 N–H and O–H groups in total. The number of anilines is 4. The van der Waals surface area contributed by atoms with E-state index < -0.39 is 17.6 Å². The predicted molar refractivity (Wildman–Crippen MR) is 190 cm³/mol. The van der Waals surface area contributed by atoms with Gasteiger partial charge in [0, 0.05) is 74.1 Å². The number of carbonyl (C=O) groups excluding carboxylic acids is 2. The number of piperazine rings is 1. The maximum Gasteiger partial charge on any atom is 0.419 e. The molecular weight excluding hydrogens is 694 g/mol. The molecule has 15 heteroatoms. The van der Waals surface area contributed by atoms with Gasteiger partial charge >= 0.3 is 6.18 Å². The van der Waals surface area contributed by atoms with Crippen LogP contribution in [0.25, 0.3) is 0 Å². The van der Waals surface area contributed by atoms with E-state index in [9.17, 15) is 22.8 Å². The Bertz CT molecular complexity index is 1810. The molecule has 0 unspecified atom stereocenters. The van der Waals surface area contributed by atoms with Gasteiger partial charge in [-0.3, -0.25) is 9.59 Å². The van der Waals surface area contributed by atoms with Crippen LogP contribution in [-0.2, 0) is 6.18 Å². The van der Waals surface area contributed by atoms with Gasteiger partial charge in [0.2, 0.25) is 0 Å². The number of alkyl halides is 3. The zero-order chi connectivity index (χ0) is 35.8. The largest absolute Gasteiger partial charge is 0.497 e. The Kier molecular flexibility index (Phi) is 12.0. The van der Waals surface area contributed by atoms with Gasteiger partial charge in [0.1, 0.15) is 17.4 Å². The van der Waals surface area contributed by atoms with Crippen molar-refractivity contribution in [3.8, 4) is 5.75 Å². The minimum Gasteiger partial charge on any atom is -0.497 e. The second-order valence-electron chi connectivity index (χ2n) is 11.8. The molecule has 4 aromatic rings. The van der Waals surface area contributed by atoms with Crippen molar-refractivity contribution in [2.24, 2.45) is 0 Å². The Labute approximate surface area is 298 Å². The van der Waals surface area contributed by atoms with Gasteiger partial charge in [0.05, 0.1) is 28.8 Å². The average molecular weight is 731 g/mol. The third kappa shape index (κ3) is 9.55. The summed E-state index contributed by atoms with van der Waals surface area (Å²) in [6.45, 7) is 4.75. The first-order valence-electron chi connectivity index (χ1n) is 15.8. The predicted octanol–water partition coefficient (Wildman–Crippen LogP) is 7.35. The first-order valence-corrected chi connectivity index (χ1v) is 16.6. The van der Waals surface area contributed by atoms with E-state index in [1.54, 1.807) is 65.7 Å². The van der Waals surface area contributed by atoms with Gasteiger partial charge in [0.15, 0.2) is 0 Å².